The van der Waals surface area contributed by atoms with Gasteiger partial charge in [0.05, 0.1) is 23.3 Å². The number of rotatable bonds is 10. The van der Waals surface area contributed by atoms with Crippen LogP contribution in [0.4, 0.5) is 0 Å². The summed E-state index contributed by atoms with van der Waals surface area (Å²) in [6.45, 7) is 3.22. The fourth-order valence-corrected chi connectivity index (χ4v) is 4.50. The van der Waals surface area contributed by atoms with Crippen LogP contribution >= 0.6 is 0 Å². The normalized spacial score (nSPS) is 16.3. The van der Waals surface area contributed by atoms with Crippen molar-refractivity contribution < 1.29 is 14.3 Å². The number of carbonyl (C=O) groups is 2. The molecule has 7 heteroatoms. The van der Waals surface area contributed by atoms with Crippen molar-refractivity contribution in [3.63, 3.8) is 0 Å². The topological polar surface area (TPSA) is 110 Å². The molecule has 34 heavy (non-hydrogen) atoms. The Kier molecular flexibility index (Phi) is 7.63. The van der Waals surface area contributed by atoms with E-state index in [9.17, 15) is 9.59 Å². The Hall–Kier alpha value is -3.19. The van der Waals surface area contributed by atoms with Gasteiger partial charge in [-0.05, 0) is 42.5 Å². The minimum atomic E-state index is -0.434. The van der Waals surface area contributed by atoms with Gasteiger partial charge in [-0.25, -0.2) is 4.98 Å². The van der Waals surface area contributed by atoms with Crippen molar-refractivity contribution in [1.29, 1.82) is 0 Å². The fraction of sp³-hybridized carbons (Fsp3) is 0.444. The number of imidazole rings is 1. The molecule has 0 unspecified atom stereocenters. The Balaban J connectivity index is 1.50. The molecule has 1 aliphatic heterocycles. The molecule has 0 bridgehead atoms. The molecule has 0 saturated carbocycles. The van der Waals surface area contributed by atoms with E-state index in [1.54, 1.807) is 0 Å². The molecule has 0 spiro atoms. The number of nitrogens with two attached hydrogens (primary N) is 1. The molecule has 180 valence electrons. The number of carbonyl (C=O) groups excluding carboxylic acids is 2. The summed E-state index contributed by atoms with van der Waals surface area (Å²) in [7, 11) is 0. The number of amides is 2. The number of nitrogens with one attached hydrogen (secondary N) is 2. The number of H-pyrrole nitrogens is 1. The van der Waals surface area contributed by atoms with E-state index in [-0.39, 0.29) is 17.9 Å². The number of primary amides is 1. The summed E-state index contributed by atoms with van der Waals surface area (Å²) in [6, 6.07) is 14.4. The molecule has 2 amide bonds. The number of unbranched alkanes of at least 4 members (excludes halogenated alkanes) is 2. The number of nitrogens with zero attached hydrogens (tertiary/aromatic N) is 1. The second kappa shape index (κ2) is 10.8. The first-order valence-corrected chi connectivity index (χ1v) is 12.2. The monoisotopic (exact) mass is 462 g/mol. The van der Waals surface area contributed by atoms with Crippen LogP contribution in [0.3, 0.4) is 0 Å². The van der Waals surface area contributed by atoms with Crippen molar-refractivity contribution in [1.82, 2.24) is 15.3 Å². The van der Waals surface area contributed by atoms with Crippen molar-refractivity contribution in [2.45, 2.75) is 57.9 Å². The molecule has 0 radical (unpaired) electrons. The Morgan fingerprint density at radius 2 is 1.88 bits per heavy atom. The SMILES string of the molecule is CC1(C(=O)N[C@@H](CCCCCC(N)=O)c2ncc(-c3ccc4ccccc4c3)[nH]2)CCOCC1. The van der Waals surface area contributed by atoms with Gasteiger partial charge < -0.3 is 20.8 Å². The van der Waals surface area contributed by atoms with E-state index >= 15 is 0 Å². The maximum Gasteiger partial charge on any atom is 0.226 e. The van der Waals surface area contributed by atoms with Gasteiger partial charge >= 0.3 is 0 Å². The second-order valence-corrected chi connectivity index (χ2v) is 9.51. The summed E-state index contributed by atoms with van der Waals surface area (Å²) in [6.07, 6.45) is 6.88. The highest BCUT2D eigenvalue weighted by molar-refractivity contribution is 5.86. The van der Waals surface area contributed by atoms with Crippen LogP contribution in [0.1, 0.15) is 63.7 Å². The van der Waals surface area contributed by atoms with E-state index in [0.717, 1.165) is 42.8 Å². The molecule has 1 aromatic heterocycles. The molecule has 0 aliphatic carbocycles. The summed E-state index contributed by atoms with van der Waals surface area (Å²) in [5.74, 6) is 0.520. The molecule has 7 nitrogen and oxygen atoms in total. The van der Waals surface area contributed by atoms with Crippen LogP contribution in [0.15, 0.2) is 48.7 Å². The third-order valence-electron chi connectivity index (χ3n) is 6.85. The second-order valence-electron chi connectivity index (χ2n) is 9.51. The van der Waals surface area contributed by atoms with Gasteiger partial charge in [-0.2, -0.15) is 0 Å². The summed E-state index contributed by atoms with van der Waals surface area (Å²) < 4.78 is 5.46. The molecule has 2 heterocycles. The first-order chi connectivity index (χ1) is 16.4. The van der Waals surface area contributed by atoms with Gasteiger partial charge in [0, 0.05) is 25.2 Å². The first-order valence-electron chi connectivity index (χ1n) is 12.2. The zero-order chi connectivity index (χ0) is 24.0. The first kappa shape index (κ1) is 24.0. The lowest BCUT2D eigenvalue weighted by Gasteiger charge is -2.33. The molecular weight excluding hydrogens is 428 g/mol. The summed E-state index contributed by atoms with van der Waals surface area (Å²) in [5, 5.41) is 5.62. The van der Waals surface area contributed by atoms with Crippen LogP contribution in [0.5, 0.6) is 0 Å². The van der Waals surface area contributed by atoms with Gasteiger partial charge in [-0.3, -0.25) is 9.59 Å². The van der Waals surface area contributed by atoms with Gasteiger partial charge in [0.25, 0.3) is 0 Å². The molecule has 2 aromatic carbocycles. The lowest BCUT2D eigenvalue weighted by molar-refractivity contribution is -0.136. The fourth-order valence-electron chi connectivity index (χ4n) is 4.50. The molecular formula is C27H34N4O3. The highest BCUT2D eigenvalue weighted by Gasteiger charge is 2.36. The number of ether oxygens (including phenoxy) is 1. The van der Waals surface area contributed by atoms with E-state index < -0.39 is 5.41 Å². The molecule has 1 fully saturated rings. The van der Waals surface area contributed by atoms with E-state index in [4.69, 9.17) is 10.5 Å². The lowest BCUT2D eigenvalue weighted by Crippen LogP contribution is -2.44. The highest BCUT2D eigenvalue weighted by Crippen LogP contribution is 2.32. The maximum atomic E-state index is 13.2. The predicted molar refractivity (Wildman–Crippen MR) is 133 cm³/mol. The van der Waals surface area contributed by atoms with Crippen molar-refractivity contribution in [3.8, 4) is 11.3 Å². The standard InChI is InChI=1S/C27H34N4O3/c1-27(13-15-34-16-14-27)26(33)31-22(9-3-2-4-10-24(28)32)25-29-18-23(30-25)21-12-11-19-7-5-6-8-20(19)17-21/h5-8,11-12,17-18,22H,2-4,9-10,13-16H2,1H3,(H2,28,32)(H,29,30)(H,31,33)/t22-/m0/s1. The van der Waals surface area contributed by atoms with Gasteiger partial charge in [0.1, 0.15) is 5.82 Å². The molecule has 4 rings (SSSR count). The lowest BCUT2D eigenvalue weighted by atomic mass is 9.81. The minimum Gasteiger partial charge on any atom is -0.381 e. The highest BCUT2D eigenvalue weighted by atomic mass is 16.5. The van der Waals surface area contributed by atoms with Crippen LogP contribution in [0, 0.1) is 5.41 Å². The molecule has 3 aromatic rings. The zero-order valence-corrected chi connectivity index (χ0v) is 19.8. The number of hydrogen-bond acceptors (Lipinski definition) is 4. The van der Waals surface area contributed by atoms with Crippen molar-refractivity contribution in [3.05, 3.63) is 54.5 Å². The average molecular weight is 463 g/mol. The Labute approximate surface area is 200 Å². The minimum absolute atomic E-state index is 0.0431. The molecule has 4 N–H and O–H groups in total. The number of hydrogen-bond donors (Lipinski definition) is 3. The van der Waals surface area contributed by atoms with E-state index in [2.05, 4.69) is 45.6 Å². The van der Waals surface area contributed by atoms with E-state index in [0.29, 0.717) is 32.5 Å². The Morgan fingerprint density at radius 3 is 2.65 bits per heavy atom. The van der Waals surface area contributed by atoms with Gasteiger partial charge in [0.15, 0.2) is 0 Å². The van der Waals surface area contributed by atoms with Gasteiger partial charge in [-0.1, -0.05) is 56.2 Å². The number of aromatic amines is 1. The Morgan fingerprint density at radius 1 is 1.12 bits per heavy atom. The number of aromatic nitrogens is 2. The van der Waals surface area contributed by atoms with E-state index in [1.165, 1.54) is 10.8 Å². The van der Waals surface area contributed by atoms with Crippen molar-refractivity contribution in [2.24, 2.45) is 11.1 Å². The number of benzene rings is 2. The van der Waals surface area contributed by atoms with E-state index in [1.807, 2.05) is 25.3 Å². The summed E-state index contributed by atoms with van der Waals surface area (Å²) in [5.41, 5.74) is 6.80. The third kappa shape index (κ3) is 5.83. The largest absolute Gasteiger partial charge is 0.381 e. The Bertz CT molecular complexity index is 1130. The molecule has 1 atom stereocenters. The van der Waals surface area contributed by atoms with Crippen molar-refractivity contribution >= 4 is 22.6 Å². The third-order valence-corrected chi connectivity index (χ3v) is 6.85. The van der Waals surface area contributed by atoms with Gasteiger partial charge in [-0.15, -0.1) is 0 Å². The molecule has 1 aliphatic rings. The summed E-state index contributed by atoms with van der Waals surface area (Å²) >= 11 is 0. The van der Waals surface area contributed by atoms with Gasteiger partial charge in [0.2, 0.25) is 11.8 Å². The zero-order valence-electron chi connectivity index (χ0n) is 19.8. The van der Waals surface area contributed by atoms with Crippen LogP contribution in [0.2, 0.25) is 0 Å². The quantitative estimate of drug-likeness (QED) is 0.381. The smallest absolute Gasteiger partial charge is 0.226 e. The maximum absolute atomic E-state index is 13.2. The molecule has 1 saturated heterocycles. The van der Waals surface area contributed by atoms with Crippen LogP contribution < -0.4 is 11.1 Å². The van der Waals surface area contributed by atoms with Crippen LogP contribution in [-0.2, 0) is 14.3 Å². The average Bonchev–Trinajstić information content (AvgIpc) is 3.33. The van der Waals surface area contributed by atoms with Crippen LogP contribution in [-0.4, -0.2) is 35.0 Å². The number of fused-ring (bicyclic) bond motifs is 1. The summed E-state index contributed by atoms with van der Waals surface area (Å²) in [4.78, 5) is 32.4. The van der Waals surface area contributed by atoms with Crippen LogP contribution in [0.25, 0.3) is 22.0 Å². The predicted octanol–water partition coefficient (Wildman–Crippen LogP) is 4.64. The van der Waals surface area contributed by atoms with Crippen molar-refractivity contribution in [2.75, 3.05) is 13.2 Å².